The Morgan fingerprint density at radius 2 is 2.22 bits per heavy atom. The fourth-order valence-corrected chi connectivity index (χ4v) is 4.06. The molecular formula is C20H24N4O2S. The first-order valence-electron chi connectivity index (χ1n) is 9.42. The third kappa shape index (κ3) is 4.14. The van der Waals surface area contributed by atoms with Crippen molar-refractivity contribution in [2.75, 3.05) is 13.1 Å². The highest BCUT2D eigenvalue weighted by Crippen LogP contribution is 2.27. The summed E-state index contributed by atoms with van der Waals surface area (Å²) in [4.78, 5) is 20.4. The molecule has 6 nitrogen and oxygen atoms in total. The number of nitrogens with zero attached hydrogens (tertiary/aromatic N) is 1. The Kier molecular flexibility index (Phi) is 5.40. The number of piperidine rings is 1. The molecule has 1 aliphatic heterocycles. The zero-order valence-electron chi connectivity index (χ0n) is 15.4. The summed E-state index contributed by atoms with van der Waals surface area (Å²) < 4.78 is 5.99. The van der Waals surface area contributed by atoms with Crippen LogP contribution in [0.25, 0.3) is 10.9 Å². The molecule has 1 fully saturated rings. The molecule has 7 heteroatoms. The summed E-state index contributed by atoms with van der Waals surface area (Å²) in [5.41, 5.74) is 2.41. The van der Waals surface area contributed by atoms with Gasteiger partial charge in [-0.15, -0.1) is 11.3 Å². The van der Waals surface area contributed by atoms with E-state index in [1.54, 1.807) is 11.3 Å². The molecule has 0 aliphatic carbocycles. The number of ether oxygens (including phenoxy) is 1. The molecule has 3 heterocycles. The maximum Gasteiger partial charge on any atom is 0.267 e. The van der Waals surface area contributed by atoms with Gasteiger partial charge in [0.05, 0.1) is 10.7 Å². The number of carbonyl (C=O) groups is 1. The lowest BCUT2D eigenvalue weighted by Gasteiger charge is -2.23. The molecule has 27 heavy (non-hydrogen) atoms. The molecule has 3 N–H and O–H groups in total. The van der Waals surface area contributed by atoms with Gasteiger partial charge in [0, 0.05) is 22.3 Å². The number of fused-ring (bicyclic) bond motifs is 1. The van der Waals surface area contributed by atoms with Crippen LogP contribution in [0.5, 0.6) is 5.75 Å². The van der Waals surface area contributed by atoms with E-state index in [-0.39, 0.29) is 11.9 Å². The zero-order valence-corrected chi connectivity index (χ0v) is 16.2. The van der Waals surface area contributed by atoms with E-state index in [2.05, 4.69) is 27.5 Å². The Balaban J connectivity index is 1.48. The maximum absolute atomic E-state index is 12.6. The molecule has 1 aliphatic rings. The first-order valence-corrected chi connectivity index (χ1v) is 10.3. The number of aromatic nitrogens is 2. The molecule has 0 saturated carbocycles. The van der Waals surface area contributed by atoms with Crippen LogP contribution in [0.2, 0.25) is 0 Å². The first-order chi connectivity index (χ1) is 13.2. The predicted octanol–water partition coefficient (Wildman–Crippen LogP) is 3.25. The van der Waals surface area contributed by atoms with E-state index in [9.17, 15) is 4.79 Å². The van der Waals surface area contributed by atoms with Crippen molar-refractivity contribution in [2.45, 2.75) is 38.8 Å². The van der Waals surface area contributed by atoms with Crippen molar-refractivity contribution in [3.8, 4) is 5.75 Å². The third-order valence-electron chi connectivity index (χ3n) is 4.82. The second-order valence-electron chi connectivity index (χ2n) is 6.77. The standard InChI is InChI=1S/C20H24N4O2S/c1-2-19-22-14(12-27-19)11-26-18-5-3-4-16-15(18)10-17(24-16)20(25)23-13-6-8-21-9-7-13/h3-5,10,12-13,21,24H,2,6-9,11H2,1H3,(H,23,25). The first kappa shape index (κ1) is 18.0. The number of rotatable bonds is 6. The predicted molar refractivity (Wildman–Crippen MR) is 107 cm³/mol. The minimum atomic E-state index is -0.0591. The molecule has 0 unspecified atom stereocenters. The molecule has 0 radical (unpaired) electrons. The van der Waals surface area contributed by atoms with E-state index in [4.69, 9.17) is 4.74 Å². The van der Waals surface area contributed by atoms with Crippen LogP contribution < -0.4 is 15.4 Å². The molecule has 142 valence electrons. The van der Waals surface area contributed by atoms with Crippen LogP contribution in [0, 0.1) is 0 Å². The van der Waals surface area contributed by atoms with Gasteiger partial charge in [0.15, 0.2) is 0 Å². The van der Waals surface area contributed by atoms with Gasteiger partial charge in [0.2, 0.25) is 0 Å². The van der Waals surface area contributed by atoms with Crippen LogP contribution in [0.4, 0.5) is 0 Å². The number of thiazole rings is 1. The minimum absolute atomic E-state index is 0.0591. The molecule has 3 aromatic rings. The van der Waals surface area contributed by atoms with Crippen LogP contribution in [0.1, 0.15) is 41.0 Å². The van der Waals surface area contributed by atoms with Crippen molar-refractivity contribution < 1.29 is 9.53 Å². The van der Waals surface area contributed by atoms with Gasteiger partial charge in [-0.3, -0.25) is 4.79 Å². The second-order valence-corrected chi connectivity index (χ2v) is 7.72. The monoisotopic (exact) mass is 384 g/mol. The normalized spacial score (nSPS) is 15.1. The summed E-state index contributed by atoms with van der Waals surface area (Å²) in [6, 6.07) is 7.93. The Bertz CT molecular complexity index is 927. The van der Waals surface area contributed by atoms with Crippen molar-refractivity contribution in [2.24, 2.45) is 0 Å². The number of H-pyrrole nitrogens is 1. The highest BCUT2D eigenvalue weighted by molar-refractivity contribution is 7.09. The highest BCUT2D eigenvalue weighted by Gasteiger charge is 2.18. The lowest BCUT2D eigenvalue weighted by molar-refractivity contribution is 0.0925. The second kappa shape index (κ2) is 8.10. The van der Waals surface area contributed by atoms with Gasteiger partial charge >= 0.3 is 0 Å². The van der Waals surface area contributed by atoms with E-state index in [1.165, 1.54) is 0 Å². The quantitative estimate of drug-likeness (QED) is 0.610. The van der Waals surface area contributed by atoms with E-state index in [0.717, 1.165) is 59.7 Å². The molecule has 0 bridgehead atoms. The van der Waals surface area contributed by atoms with Crippen LogP contribution in [-0.4, -0.2) is 35.0 Å². The van der Waals surface area contributed by atoms with Gasteiger partial charge in [0.25, 0.3) is 5.91 Å². The van der Waals surface area contributed by atoms with E-state index < -0.39 is 0 Å². The number of amides is 1. The smallest absolute Gasteiger partial charge is 0.267 e. The van der Waals surface area contributed by atoms with Crippen LogP contribution >= 0.6 is 11.3 Å². The van der Waals surface area contributed by atoms with Crippen molar-refractivity contribution in [3.63, 3.8) is 0 Å². The number of benzene rings is 1. The number of hydrogen-bond donors (Lipinski definition) is 3. The molecule has 4 rings (SSSR count). The Morgan fingerprint density at radius 1 is 1.37 bits per heavy atom. The van der Waals surface area contributed by atoms with Crippen LogP contribution in [-0.2, 0) is 13.0 Å². The third-order valence-corrected chi connectivity index (χ3v) is 5.86. The van der Waals surface area contributed by atoms with E-state index >= 15 is 0 Å². The summed E-state index contributed by atoms with van der Waals surface area (Å²) >= 11 is 1.66. The van der Waals surface area contributed by atoms with Crippen molar-refractivity contribution in [1.29, 1.82) is 0 Å². The van der Waals surface area contributed by atoms with Gasteiger partial charge in [-0.2, -0.15) is 0 Å². The summed E-state index contributed by atoms with van der Waals surface area (Å²) in [7, 11) is 0. The van der Waals surface area contributed by atoms with Crippen molar-refractivity contribution in [1.82, 2.24) is 20.6 Å². The number of hydrogen-bond acceptors (Lipinski definition) is 5. The Morgan fingerprint density at radius 3 is 3.00 bits per heavy atom. The summed E-state index contributed by atoms with van der Waals surface area (Å²) in [6.07, 6.45) is 2.87. The molecular weight excluding hydrogens is 360 g/mol. The lowest BCUT2D eigenvalue weighted by Crippen LogP contribution is -2.42. The summed E-state index contributed by atoms with van der Waals surface area (Å²) in [5, 5.41) is 10.5. The van der Waals surface area contributed by atoms with E-state index in [1.807, 2.05) is 29.6 Å². The molecule has 0 spiro atoms. The fraction of sp³-hybridized carbons (Fsp3) is 0.400. The topological polar surface area (TPSA) is 79.0 Å². The van der Waals surface area contributed by atoms with Crippen molar-refractivity contribution >= 4 is 28.1 Å². The van der Waals surface area contributed by atoms with Gasteiger partial charge in [-0.1, -0.05) is 13.0 Å². The SMILES string of the molecule is CCc1nc(COc2cccc3[nH]c(C(=O)NC4CCNCC4)cc23)cs1. The summed E-state index contributed by atoms with van der Waals surface area (Å²) in [5.74, 6) is 0.701. The van der Waals surface area contributed by atoms with Gasteiger partial charge in [-0.05, 0) is 50.6 Å². The largest absolute Gasteiger partial charge is 0.487 e. The van der Waals surface area contributed by atoms with Crippen molar-refractivity contribution in [3.05, 3.63) is 46.0 Å². The number of aromatic amines is 1. The highest BCUT2D eigenvalue weighted by atomic mass is 32.1. The maximum atomic E-state index is 12.6. The average molecular weight is 385 g/mol. The van der Waals surface area contributed by atoms with Gasteiger partial charge in [-0.25, -0.2) is 4.98 Å². The Labute approximate surface area is 162 Å². The summed E-state index contributed by atoms with van der Waals surface area (Å²) in [6.45, 7) is 4.43. The Hall–Kier alpha value is -2.38. The average Bonchev–Trinajstić information content (AvgIpc) is 3.34. The fourth-order valence-electron chi connectivity index (χ4n) is 3.33. The molecule has 1 saturated heterocycles. The van der Waals surface area contributed by atoms with Crippen LogP contribution in [0.15, 0.2) is 29.6 Å². The van der Waals surface area contributed by atoms with Crippen LogP contribution in [0.3, 0.4) is 0 Å². The van der Waals surface area contributed by atoms with E-state index in [0.29, 0.717) is 12.3 Å². The molecule has 0 atom stereocenters. The molecule has 1 aromatic carbocycles. The lowest BCUT2D eigenvalue weighted by atomic mass is 10.1. The number of nitrogens with one attached hydrogen (secondary N) is 3. The number of carbonyl (C=O) groups excluding carboxylic acids is 1. The molecule has 1 amide bonds. The van der Waals surface area contributed by atoms with Gasteiger partial charge < -0.3 is 20.4 Å². The zero-order chi connectivity index (χ0) is 18.6. The van der Waals surface area contributed by atoms with Gasteiger partial charge in [0.1, 0.15) is 18.1 Å². The molecule has 2 aromatic heterocycles. The minimum Gasteiger partial charge on any atom is -0.487 e. The number of aryl methyl sites for hydroxylation is 1.